The number of benzene rings is 2. The Labute approximate surface area is 207 Å². The number of hydrogen-bond acceptors (Lipinski definition) is 5. The standard InChI is InChI=1S/C27H31BN4O3/c1-35-22-10-11-24(28)23(18-22)27(34)32-16-14-31(15-17-32)25-12-9-21(19-30-25)26(33)29-13-5-8-20-6-3-2-4-7-20/h2-4,6-7,9-12,18-19H,5,8,13-17,28H2,1H3,(H,29,33). The average molecular weight is 470 g/mol. The van der Waals surface area contributed by atoms with Gasteiger partial charge in [0.2, 0.25) is 0 Å². The molecular formula is C27H31BN4O3. The Morgan fingerprint density at radius 3 is 2.49 bits per heavy atom. The number of hydrogen-bond donors (Lipinski definition) is 1. The lowest BCUT2D eigenvalue weighted by Gasteiger charge is -2.35. The fraction of sp³-hybridized carbons (Fsp3) is 0.296. The summed E-state index contributed by atoms with van der Waals surface area (Å²) in [5, 5.41) is 2.97. The normalized spacial score (nSPS) is 13.4. The van der Waals surface area contributed by atoms with E-state index in [2.05, 4.69) is 27.3 Å². The lowest BCUT2D eigenvalue weighted by Crippen LogP contribution is -2.49. The lowest BCUT2D eigenvalue weighted by atomic mass is 9.89. The van der Waals surface area contributed by atoms with Crippen molar-refractivity contribution in [3.05, 3.63) is 83.6 Å². The predicted octanol–water partition coefficient (Wildman–Crippen LogP) is 1.67. The summed E-state index contributed by atoms with van der Waals surface area (Å²) in [7, 11) is 3.54. The Bertz CT molecular complexity index is 1150. The molecule has 0 radical (unpaired) electrons. The summed E-state index contributed by atoms with van der Waals surface area (Å²) < 4.78 is 5.28. The molecule has 2 aromatic carbocycles. The minimum Gasteiger partial charge on any atom is -0.497 e. The van der Waals surface area contributed by atoms with E-state index in [0.29, 0.717) is 49.6 Å². The number of piperazine rings is 1. The van der Waals surface area contributed by atoms with E-state index >= 15 is 0 Å². The second-order valence-electron chi connectivity index (χ2n) is 8.71. The molecule has 180 valence electrons. The summed E-state index contributed by atoms with van der Waals surface area (Å²) in [5.74, 6) is 1.41. The molecule has 3 aromatic rings. The Hall–Kier alpha value is -3.81. The first-order valence-corrected chi connectivity index (χ1v) is 12.0. The molecule has 0 atom stereocenters. The molecule has 2 amide bonds. The number of carbonyl (C=O) groups is 2. The first-order valence-electron chi connectivity index (χ1n) is 12.0. The van der Waals surface area contributed by atoms with Crippen LogP contribution in [-0.4, -0.2) is 69.4 Å². The molecule has 1 saturated heterocycles. The van der Waals surface area contributed by atoms with Gasteiger partial charge in [0.1, 0.15) is 19.4 Å². The second-order valence-corrected chi connectivity index (χ2v) is 8.71. The molecular weight excluding hydrogens is 439 g/mol. The molecule has 8 heteroatoms. The Balaban J connectivity index is 1.25. The molecule has 2 heterocycles. The van der Waals surface area contributed by atoms with Gasteiger partial charge < -0.3 is 19.9 Å². The van der Waals surface area contributed by atoms with E-state index in [1.165, 1.54) is 5.56 Å². The summed E-state index contributed by atoms with van der Waals surface area (Å²) in [5.41, 5.74) is 3.44. The van der Waals surface area contributed by atoms with Gasteiger partial charge in [0.05, 0.1) is 12.7 Å². The predicted molar refractivity (Wildman–Crippen MR) is 141 cm³/mol. The minimum atomic E-state index is -0.110. The summed E-state index contributed by atoms with van der Waals surface area (Å²) in [6.45, 7) is 3.22. The van der Waals surface area contributed by atoms with Gasteiger partial charge in [-0.05, 0) is 42.7 Å². The van der Waals surface area contributed by atoms with E-state index in [1.54, 1.807) is 19.4 Å². The van der Waals surface area contributed by atoms with Gasteiger partial charge in [0, 0.05) is 44.5 Å². The van der Waals surface area contributed by atoms with E-state index in [0.717, 1.165) is 24.1 Å². The van der Waals surface area contributed by atoms with Gasteiger partial charge in [-0.1, -0.05) is 41.9 Å². The van der Waals surface area contributed by atoms with Crippen molar-refractivity contribution in [3.63, 3.8) is 0 Å². The molecule has 1 aliphatic heterocycles. The van der Waals surface area contributed by atoms with Crippen molar-refractivity contribution in [1.29, 1.82) is 0 Å². The number of nitrogens with zero attached hydrogens (tertiary/aromatic N) is 3. The lowest BCUT2D eigenvalue weighted by molar-refractivity contribution is 0.0747. The molecule has 1 fully saturated rings. The summed E-state index contributed by atoms with van der Waals surface area (Å²) in [6, 6.07) is 19.5. The van der Waals surface area contributed by atoms with Gasteiger partial charge in [0.25, 0.3) is 11.8 Å². The van der Waals surface area contributed by atoms with Crippen LogP contribution in [0.2, 0.25) is 0 Å². The number of rotatable bonds is 8. The smallest absolute Gasteiger partial charge is 0.253 e. The summed E-state index contributed by atoms with van der Waals surface area (Å²) >= 11 is 0. The number of aromatic nitrogens is 1. The minimum absolute atomic E-state index is 0.0216. The topological polar surface area (TPSA) is 74.8 Å². The average Bonchev–Trinajstić information content (AvgIpc) is 2.91. The Morgan fingerprint density at radius 2 is 1.80 bits per heavy atom. The quantitative estimate of drug-likeness (QED) is 0.401. The van der Waals surface area contributed by atoms with Crippen molar-refractivity contribution in [3.8, 4) is 5.75 Å². The number of aryl methyl sites for hydroxylation is 1. The molecule has 0 bridgehead atoms. The first kappa shape index (κ1) is 24.3. The third-order valence-electron chi connectivity index (χ3n) is 6.35. The number of carbonyl (C=O) groups excluding carboxylic acids is 2. The molecule has 35 heavy (non-hydrogen) atoms. The van der Waals surface area contributed by atoms with Crippen molar-refractivity contribution in [2.75, 3.05) is 44.7 Å². The van der Waals surface area contributed by atoms with Crippen LogP contribution < -0.4 is 20.4 Å². The molecule has 1 N–H and O–H groups in total. The fourth-order valence-corrected chi connectivity index (χ4v) is 4.22. The molecule has 0 unspecified atom stereocenters. The largest absolute Gasteiger partial charge is 0.497 e. The van der Waals surface area contributed by atoms with Crippen LogP contribution in [0.25, 0.3) is 0 Å². The van der Waals surface area contributed by atoms with Crippen LogP contribution in [0.3, 0.4) is 0 Å². The van der Waals surface area contributed by atoms with Gasteiger partial charge >= 0.3 is 0 Å². The van der Waals surface area contributed by atoms with Crippen molar-refractivity contribution in [2.45, 2.75) is 12.8 Å². The van der Waals surface area contributed by atoms with E-state index in [1.807, 2.05) is 55.2 Å². The van der Waals surface area contributed by atoms with Crippen molar-refractivity contribution in [2.24, 2.45) is 0 Å². The first-order chi connectivity index (χ1) is 17.0. The van der Waals surface area contributed by atoms with Gasteiger partial charge in [-0.25, -0.2) is 4.98 Å². The van der Waals surface area contributed by atoms with Gasteiger partial charge in [-0.15, -0.1) is 0 Å². The number of methoxy groups -OCH3 is 1. The molecule has 0 spiro atoms. The maximum atomic E-state index is 13.0. The maximum Gasteiger partial charge on any atom is 0.253 e. The van der Waals surface area contributed by atoms with Crippen LogP contribution in [0, 0.1) is 0 Å². The van der Waals surface area contributed by atoms with Crippen LogP contribution in [0.1, 0.15) is 32.7 Å². The highest BCUT2D eigenvalue weighted by atomic mass is 16.5. The SMILES string of the molecule is Bc1ccc(OC)cc1C(=O)N1CCN(c2ccc(C(=O)NCCCc3ccccc3)cn2)CC1. The van der Waals surface area contributed by atoms with Crippen molar-refractivity contribution >= 4 is 30.9 Å². The van der Waals surface area contributed by atoms with E-state index in [4.69, 9.17) is 4.74 Å². The molecule has 0 aliphatic carbocycles. The number of pyridine rings is 1. The number of ether oxygens (including phenoxy) is 1. The summed E-state index contributed by atoms with van der Waals surface area (Å²) in [4.78, 5) is 34.0. The van der Waals surface area contributed by atoms with E-state index in [9.17, 15) is 9.59 Å². The zero-order valence-corrected chi connectivity index (χ0v) is 20.4. The van der Waals surface area contributed by atoms with E-state index in [-0.39, 0.29) is 11.8 Å². The van der Waals surface area contributed by atoms with Crippen LogP contribution in [-0.2, 0) is 6.42 Å². The molecule has 7 nitrogen and oxygen atoms in total. The van der Waals surface area contributed by atoms with Crippen LogP contribution in [0.4, 0.5) is 5.82 Å². The Morgan fingerprint density at radius 1 is 1.03 bits per heavy atom. The molecule has 0 saturated carbocycles. The van der Waals surface area contributed by atoms with Gasteiger partial charge in [0.15, 0.2) is 0 Å². The van der Waals surface area contributed by atoms with Gasteiger partial charge in [-0.2, -0.15) is 0 Å². The van der Waals surface area contributed by atoms with Crippen molar-refractivity contribution < 1.29 is 14.3 Å². The molecule has 4 rings (SSSR count). The number of anilines is 1. The highest BCUT2D eigenvalue weighted by Gasteiger charge is 2.24. The van der Waals surface area contributed by atoms with Crippen LogP contribution in [0.5, 0.6) is 5.75 Å². The van der Waals surface area contributed by atoms with Crippen LogP contribution >= 0.6 is 0 Å². The highest BCUT2D eigenvalue weighted by Crippen LogP contribution is 2.17. The molecule has 1 aliphatic rings. The highest BCUT2D eigenvalue weighted by molar-refractivity contribution is 6.36. The third kappa shape index (κ3) is 6.21. The molecule has 1 aromatic heterocycles. The third-order valence-corrected chi connectivity index (χ3v) is 6.35. The maximum absolute atomic E-state index is 13.0. The number of nitrogens with one attached hydrogen (secondary N) is 1. The monoisotopic (exact) mass is 470 g/mol. The number of amides is 2. The summed E-state index contributed by atoms with van der Waals surface area (Å²) in [6.07, 6.45) is 3.45. The van der Waals surface area contributed by atoms with Crippen LogP contribution in [0.15, 0.2) is 66.9 Å². The zero-order valence-electron chi connectivity index (χ0n) is 20.4. The van der Waals surface area contributed by atoms with E-state index < -0.39 is 0 Å². The Kier molecular flexibility index (Phi) is 8.03. The zero-order chi connectivity index (χ0) is 24.6. The van der Waals surface area contributed by atoms with Crippen molar-refractivity contribution in [1.82, 2.24) is 15.2 Å². The second kappa shape index (κ2) is 11.6. The fourth-order valence-electron chi connectivity index (χ4n) is 4.22. The van der Waals surface area contributed by atoms with Gasteiger partial charge in [-0.3, -0.25) is 9.59 Å².